The quantitative estimate of drug-likeness (QED) is 0.461. The Kier molecular flexibility index (Phi) is 9.21. The molecule has 180 valence electrons. The van der Waals surface area contributed by atoms with E-state index in [0.717, 1.165) is 16.7 Å². The van der Waals surface area contributed by atoms with Gasteiger partial charge in [0.05, 0.1) is 26.4 Å². The van der Waals surface area contributed by atoms with Crippen LogP contribution in [0.5, 0.6) is 0 Å². The summed E-state index contributed by atoms with van der Waals surface area (Å²) in [4.78, 5) is 0. The Hall–Kier alpha value is -2.58. The highest BCUT2D eigenvalue weighted by Gasteiger charge is 2.48. The van der Waals surface area contributed by atoms with Crippen molar-refractivity contribution >= 4 is 0 Å². The molecule has 1 heterocycles. The van der Waals surface area contributed by atoms with Crippen molar-refractivity contribution in [2.75, 3.05) is 13.7 Å². The van der Waals surface area contributed by atoms with Crippen LogP contribution in [0.25, 0.3) is 0 Å². The van der Waals surface area contributed by atoms with Crippen LogP contribution in [-0.2, 0) is 43.5 Å². The minimum absolute atomic E-state index is 0.226. The number of benzene rings is 3. The van der Waals surface area contributed by atoms with E-state index in [0.29, 0.717) is 19.8 Å². The third-order valence-corrected chi connectivity index (χ3v) is 5.86. The maximum absolute atomic E-state index is 10.1. The summed E-state index contributed by atoms with van der Waals surface area (Å²) < 4.78 is 30.7. The molecule has 1 fully saturated rings. The van der Waals surface area contributed by atoms with E-state index in [1.807, 2.05) is 91.0 Å². The lowest BCUT2D eigenvalue weighted by molar-refractivity contribution is -0.321. The molecule has 1 saturated heterocycles. The first-order valence-electron chi connectivity index (χ1n) is 11.5. The van der Waals surface area contributed by atoms with Crippen LogP contribution in [0.15, 0.2) is 91.0 Å². The second-order valence-corrected chi connectivity index (χ2v) is 8.24. The van der Waals surface area contributed by atoms with E-state index >= 15 is 0 Å². The molecule has 6 heteroatoms. The Morgan fingerprint density at radius 1 is 0.618 bits per heavy atom. The van der Waals surface area contributed by atoms with Crippen LogP contribution in [0.4, 0.5) is 0 Å². The first kappa shape index (κ1) is 24.5. The highest BCUT2D eigenvalue weighted by molar-refractivity contribution is 5.15. The maximum Gasteiger partial charge on any atom is 0.186 e. The van der Waals surface area contributed by atoms with Gasteiger partial charge in [-0.15, -0.1) is 0 Å². The number of rotatable bonds is 11. The van der Waals surface area contributed by atoms with E-state index in [-0.39, 0.29) is 6.61 Å². The molecule has 0 aliphatic carbocycles. The Morgan fingerprint density at radius 2 is 1.03 bits per heavy atom. The number of hydrogen-bond acceptors (Lipinski definition) is 6. The lowest BCUT2D eigenvalue weighted by atomic mass is 9.98. The Morgan fingerprint density at radius 3 is 1.44 bits per heavy atom. The van der Waals surface area contributed by atoms with Crippen LogP contribution >= 0.6 is 0 Å². The van der Waals surface area contributed by atoms with Crippen LogP contribution in [0.1, 0.15) is 16.7 Å². The molecule has 4 rings (SSSR count). The van der Waals surface area contributed by atoms with Gasteiger partial charge in [0.25, 0.3) is 0 Å². The summed E-state index contributed by atoms with van der Waals surface area (Å²) in [5, 5.41) is 10.1. The summed E-state index contributed by atoms with van der Waals surface area (Å²) in [5.41, 5.74) is 3.09. The van der Waals surface area contributed by atoms with Crippen molar-refractivity contribution < 1.29 is 28.8 Å². The summed E-state index contributed by atoms with van der Waals surface area (Å²) in [6.45, 7) is 0.876. The van der Waals surface area contributed by atoms with Crippen LogP contribution < -0.4 is 0 Å². The minimum atomic E-state index is -0.710. The first-order chi connectivity index (χ1) is 16.8. The zero-order valence-corrected chi connectivity index (χ0v) is 19.4. The Bertz CT molecular complexity index is 895. The smallest absolute Gasteiger partial charge is 0.186 e. The lowest BCUT2D eigenvalue weighted by Crippen LogP contribution is -2.61. The maximum atomic E-state index is 10.1. The van der Waals surface area contributed by atoms with E-state index in [4.69, 9.17) is 23.7 Å². The third-order valence-electron chi connectivity index (χ3n) is 5.86. The average Bonchev–Trinajstić information content (AvgIpc) is 2.91. The van der Waals surface area contributed by atoms with Gasteiger partial charge >= 0.3 is 0 Å². The zero-order chi connectivity index (χ0) is 23.6. The van der Waals surface area contributed by atoms with Gasteiger partial charge in [-0.2, -0.15) is 0 Å². The van der Waals surface area contributed by atoms with Crippen molar-refractivity contribution in [3.63, 3.8) is 0 Å². The van der Waals surface area contributed by atoms with Gasteiger partial charge in [0.15, 0.2) is 6.29 Å². The van der Waals surface area contributed by atoms with Gasteiger partial charge in [-0.25, -0.2) is 0 Å². The van der Waals surface area contributed by atoms with E-state index in [1.54, 1.807) is 7.11 Å². The van der Waals surface area contributed by atoms with E-state index in [1.165, 1.54) is 0 Å². The highest BCUT2D eigenvalue weighted by atomic mass is 16.7. The predicted octanol–water partition coefficient (Wildman–Crippen LogP) is 4.11. The van der Waals surface area contributed by atoms with Gasteiger partial charge in [-0.05, 0) is 16.7 Å². The molecule has 0 saturated carbocycles. The van der Waals surface area contributed by atoms with Gasteiger partial charge in [0.2, 0.25) is 0 Å². The van der Waals surface area contributed by atoms with Crippen molar-refractivity contribution in [1.82, 2.24) is 0 Å². The predicted molar refractivity (Wildman–Crippen MR) is 128 cm³/mol. The van der Waals surface area contributed by atoms with Gasteiger partial charge in [0, 0.05) is 7.11 Å². The number of ether oxygens (including phenoxy) is 5. The fraction of sp³-hybridized carbons (Fsp3) is 0.357. The average molecular weight is 465 g/mol. The van der Waals surface area contributed by atoms with Crippen molar-refractivity contribution in [1.29, 1.82) is 0 Å². The zero-order valence-electron chi connectivity index (χ0n) is 19.4. The molecule has 0 amide bonds. The Labute approximate surface area is 201 Å². The first-order valence-corrected chi connectivity index (χ1v) is 11.5. The molecule has 3 aromatic carbocycles. The van der Waals surface area contributed by atoms with Crippen LogP contribution in [-0.4, -0.2) is 49.5 Å². The molecular formula is C28H32O6. The number of methoxy groups -OCH3 is 1. The molecular weight excluding hydrogens is 432 g/mol. The van der Waals surface area contributed by atoms with E-state index in [2.05, 4.69) is 0 Å². The van der Waals surface area contributed by atoms with E-state index in [9.17, 15) is 5.11 Å². The molecule has 0 aromatic heterocycles. The van der Waals surface area contributed by atoms with Crippen molar-refractivity contribution in [3.05, 3.63) is 108 Å². The van der Waals surface area contributed by atoms with Crippen LogP contribution in [0.3, 0.4) is 0 Å². The van der Waals surface area contributed by atoms with Crippen LogP contribution in [0, 0.1) is 0 Å². The molecule has 6 nitrogen and oxygen atoms in total. The largest absolute Gasteiger partial charge is 0.394 e. The fourth-order valence-electron chi connectivity index (χ4n) is 4.08. The number of hydrogen-bond donors (Lipinski definition) is 1. The summed E-state index contributed by atoms with van der Waals surface area (Å²) >= 11 is 0. The molecule has 1 aliphatic heterocycles. The molecule has 34 heavy (non-hydrogen) atoms. The molecule has 1 aliphatic rings. The molecule has 0 spiro atoms. The van der Waals surface area contributed by atoms with Gasteiger partial charge < -0.3 is 28.8 Å². The Balaban J connectivity index is 1.56. The summed E-state index contributed by atoms with van der Waals surface area (Å²) in [7, 11) is 1.57. The molecule has 3 unspecified atom stereocenters. The lowest BCUT2D eigenvalue weighted by Gasteiger charge is -2.45. The van der Waals surface area contributed by atoms with E-state index < -0.39 is 30.7 Å². The fourth-order valence-corrected chi connectivity index (χ4v) is 4.08. The summed E-state index contributed by atoms with van der Waals surface area (Å²) in [6.07, 6.45) is -2.97. The second kappa shape index (κ2) is 12.8. The molecule has 1 N–H and O–H groups in total. The number of aliphatic hydroxyl groups excluding tert-OH is 1. The normalized spacial score (nSPS) is 24.7. The van der Waals surface area contributed by atoms with Gasteiger partial charge in [-0.1, -0.05) is 91.0 Å². The molecule has 0 bridgehead atoms. The number of aliphatic hydroxyl groups is 1. The highest BCUT2D eigenvalue weighted by Crippen LogP contribution is 2.30. The van der Waals surface area contributed by atoms with Crippen LogP contribution in [0.2, 0.25) is 0 Å². The topological polar surface area (TPSA) is 66.4 Å². The van der Waals surface area contributed by atoms with Gasteiger partial charge in [0.1, 0.15) is 24.4 Å². The molecule has 3 aromatic rings. The molecule has 5 atom stereocenters. The third kappa shape index (κ3) is 6.51. The minimum Gasteiger partial charge on any atom is -0.394 e. The van der Waals surface area contributed by atoms with Gasteiger partial charge in [-0.3, -0.25) is 0 Å². The molecule has 0 radical (unpaired) electrons. The van der Waals surface area contributed by atoms with Crippen molar-refractivity contribution in [3.8, 4) is 0 Å². The SMILES string of the molecule is CO[C@@H]1OC(CO)[C@@H](OCc2ccccc2)C(OCc2ccccc2)C1OCc1ccccc1. The summed E-state index contributed by atoms with van der Waals surface area (Å²) in [6, 6.07) is 29.8. The van der Waals surface area contributed by atoms with Crippen molar-refractivity contribution in [2.45, 2.75) is 50.5 Å². The van der Waals surface area contributed by atoms with Crippen molar-refractivity contribution in [2.24, 2.45) is 0 Å². The summed E-state index contributed by atoms with van der Waals surface area (Å²) in [5.74, 6) is 0. The monoisotopic (exact) mass is 464 g/mol. The second-order valence-electron chi connectivity index (χ2n) is 8.24. The standard InChI is InChI=1S/C28H32O6/c1-30-28-27(33-20-23-15-9-4-10-16-23)26(32-19-22-13-7-3-8-14-22)25(24(17-29)34-28)31-18-21-11-5-2-6-12-21/h2-16,24-29H,17-20H2,1H3/t24?,25-,26?,27?,28-/m1/s1.